The molecule has 1 atom stereocenters. The molecule has 0 aliphatic carbocycles. The fourth-order valence-electron chi connectivity index (χ4n) is 4.12. The van der Waals surface area contributed by atoms with Crippen LogP contribution in [0, 0.1) is 5.41 Å². The van der Waals surface area contributed by atoms with Crippen molar-refractivity contribution in [2.24, 2.45) is 11.1 Å². The second-order valence-corrected chi connectivity index (χ2v) is 7.42. The normalized spacial score (nSPS) is 24.0. The summed E-state index contributed by atoms with van der Waals surface area (Å²) in [5.74, 6) is 0.427. The summed E-state index contributed by atoms with van der Waals surface area (Å²) in [6.45, 7) is 3.54. The van der Waals surface area contributed by atoms with Crippen LogP contribution in [0.1, 0.15) is 44.1 Å². The number of aromatic nitrogens is 1. The standard InChI is InChI=1S/C19H28N4O2/c20-9-1-3-17(24)22-12-2-7-19(14-22)8-4-18(25)23(15-19)13-16-5-10-21-11-6-16/h5-6,10-11H,1-4,7-9,12-15,20H2. The topological polar surface area (TPSA) is 79.5 Å². The minimum absolute atomic E-state index is 0.0531. The van der Waals surface area contributed by atoms with E-state index in [0.29, 0.717) is 25.9 Å². The molecule has 1 unspecified atom stereocenters. The highest BCUT2D eigenvalue weighted by Crippen LogP contribution is 2.39. The number of likely N-dealkylation sites (tertiary alicyclic amines) is 2. The van der Waals surface area contributed by atoms with Gasteiger partial charge in [-0.25, -0.2) is 0 Å². The van der Waals surface area contributed by atoms with Crippen LogP contribution in [0.15, 0.2) is 24.5 Å². The van der Waals surface area contributed by atoms with Gasteiger partial charge in [-0.15, -0.1) is 0 Å². The van der Waals surface area contributed by atoms with Crippen LogP contribution in [-0.4, -0.2) is 52.8 Å². The van der Waals surface area contributed by atoms with Gasteiger partial charge >= 0.3 is 0 Å². The van der Waals surface area contributed by atoms with Gasteiger partial charge < -0.3 is 15.5 Å². The average molecular weight is 344 g/mol. The Morgan fingerprint density at radius 1 is 1.24 bits per heavy atom. The van der Waals surface area contributed by atoms with Crippen molar-refractivity contribution in [1.82, 2.24) is 14.8 Å². The van der Waals surface area contributed by atoms with Gasteiger partial charge in [0.2, 0.25) is 11.8 Å². The van der Waals surface area contributed by atoms with E-state index in [1.165, 1.54) is 0 Å². The lowest BCUT2D eigenvalue weighted by molar-refractivity contribution is -0.143. The number of amides is 2. The molecule has 2 saturated heterocycles. The molecule has 3 rings (SSSR count). The molecule has 1 aromatic rings. The van der Waals surface area contributed by atoms with Crippen molar-refractivity contribution in [3.63, 3.8) is 0 Å². The number of piperidine rings is 2. The second-order valence-electron chi connectivity index (χ2n) is 7.42. The van der Waals surface area contributed by atoms with Crippen LogP contribution in [-0.2, 0) is 16.1 Å². The molecule has 1 spiro atoms. The highest BCUT2D eigenvalue weighted by molar-refractivity contribution is 5.78. The second kappa shape index (κ2) is 7.95. The van der Waals surface area contributed by atoms with E-state index in [2.05, 4.69) is 4.98 Å². The molecule has 0 aromatic carbocycles. The zero-order chi connectivity index (χ0) is 17.7. The zero-order valence-corrected chi connectivity index (χ0v) is 14.8. The van der Waals surface area contributed by atoms with Crippen molar-refractivity contribution in [1.29, 1.82) is 0 Å². The molecule has 6 heteroatoms. The summed E-state index contributed by atoms with van der Waals surface area (Å²) in [6, 6.07) is 3.91. The summed E-state index contributed by atoms with van der Waals surface area (Å²) in [5, 5.41) is 0. The lowest BCUT2D eigenvalue weighted by atomic mass is 9.73. The van der Waals surface area contributed by atoms with E-state index in [9.17, 15) is 9.59 Å². The van der Waals surface area contributed by atoms with Gasteiger partial charge in [0.05, 0.1) is 0 Å². The highest BCUT2D eigenvalue weighted by Gasteiger charge is 2.42. The Hall–Kier alpha value is -1.95. The number of hydrogen-bond donors (Lipinski definition) is 1. The fourth-order valence-corrected chi connectivity index (χ4v) is 4.12. The molecule has 0 bridgehead atoms. The Bertz CT molecular complexity index is 607. The first-order valence-corrected chi connectivity index (χ1v) is 9.26. The lowest BCUT2D eigenvalue weighted by Crippen LogP contribution is -2.54. The molecule has 2 aliphatic heterocycles. The highest BCUT2D eigenvalue weighted by atomic mass is 16.2. The first-order chi connectivity index (χ1) is 12.1. The number of pyridine rings is 1. The van der Waals surface area contributed by atoms with E-state index in [4.69, 9.17) is 5.73 Å². The lowest BCUT2D eigenvalue weighted by Gasteiger charge is -2.48. The van der Waals surface area contributed by atoms with Crippen molar-refractivity contribution in [3.05, 3.63) is 30.1 Å². The van der Waals surface area contributed by atoms with Crippen molar-refractivity contribution >= 4 is 11.8 Å². The maximum atomic E-state index is 12.4. The number of rotatable bonds is 5. The quantitative estimate of drug-likeness (QED) is 0.879. The monoisotopic (exact) mass is 344 g/mol. The maximum absolute atomic E-state index is 12.4. The molecule has 0 radical (unpaired) electrons. The van der Waals surface area contributed by atoms with Crippen LogP contribution in [0.4, 0.5) is 0 Å². The number of nitrogens with zero attached hydrogens (tertiary/aromatic N) is 3. The Morgan fingerprint density at radius 3 is 2.80 bits per heavy atom. The van der Waals surface area contributed by atoms with Crippen molar-refractivity contribution in [2.75, 3.05) is 26.2 Å². The molecule has 2 aliphatic rings. The van der Waals surface area contributed by atoms with E-state index in [1.807, 2.05) is 21.9 Å². The number of carbonyl (C=O) groups excluding carboxylic acids is 2. The van der Waals surface area contributed by atoms with Gasteiger partial charge in [0.25, 0.3) is 0 Å². The van der Waals surface area contributed by atoms with Gasteiger partial charge in [0.15, 0.2) is 0 Å². The molecule has 1 aromatic heterocycles. The molecule has 136 valence electrons. The van der Waals surface area contributed by atoms with Crippen molar-refractivity contribution in [2.45, 2.75) is 45.1 Å². The minimum Gasteiger partial charge on any atom is -0.342 e. The number of hydrogen-bond acceptors (Lipinski definition) is 4. The van der Waals surface area contributed by atoms with Gasteiger partial charge in [-0.3, -0.25) is 14.6 Å². The molecule has 6 nitrogen and oxygen atoms in total. The maximum Gasteiger partial charge on any atom is 0.222 e. The summed E-state index contributed by atoms with van der Waals surface area (Å²) in [5.41, 5.74) is 6.69. The molecular weight excluding hydrogens is 316 g/mol. The first kappa shape index (κ1) is 17.9. The summed E-state index contributed by atoms with van der Waals surface area (Å²) in [4.78, 5) is 32.8. The van der Waals surface area contributed by atoms with Crippen LogP contribution in [0.3, 0.4) is 0 Å². The predicted octanol–water partition coefficient (Wildman–Crippen LogP) is 1.55. The van der Waals surface area contributed by atoms with Gasteiger partial charge in [-0.05, 0) is 49.9 Å². The molecule has 2 N–H and O–H groups in total. The van der Waals surface area contributed by atoms with Crippen molar-refractivity contribution in [3.8, 4) is 0 Å². The largest absolute Gasteiger partial charge is 0.342 e. The number of nitrogens with two attached hydrogens (primary N) is 1. The molecule has 2 fully saturated rings. The summed E-state index contributed by atoms with van der Waals surface area (Å²) in [6.07, 6.45) is 8.38. The van der Waals surface area contributed by atoms with E-state index in [-0.39, 0.29) is 17.2 Å². The van der Waals surface area contributed by atoms with Crippen LogP contribution in [0.5, 0.6) is 0 Å². The van der Waals surface area contributed by atoms with Crippen LogP contribution >= 0.6 is 0 Å². The molecular formula is C19H28N4O2. The smallest absolute Gasteiger partial charge is 0.222 e. The third kappa shape index (κ3) is 4.37. The first-order valence-electron chi connectivity index (χ1n) is 9.26. The van der Waals surface area contributed by atoms with Gasteiger partial charge in [-0.2, -0.15) is 0 Å². The number of carbonyl (C=O) groups is 2. The fraction of sp³-hybridized carbons (Fsp3) is 0.632. The molecule has 3 heterocycles. The van der Waals surface area contributed by atoms with Crippen molar-refractivity contribution < 1.29 is 9.59 Å². The van der Waals surface area contributed by atoms with Crippen LogP contribution < -0.4 is 5.73 Å². The van der Waals surface area contributed by atoms with E-state index in [0.717, 1.165) is 50.9 Å². The Balaban J connectivity index is 1.66. The Labute approximate surface area is 149 Å². The third-order valence-corrected chi connectivity index (χ3v) is 5.48. The van der Waals surface area contributed by atoms with Gasteiger partial charge in [-0.1, -0.05) is 0 Å². The molecule has 0 saturated carbocycles. The van der Waals surface area contributed by atoms with Crippen LogP contribution in [0.2, 0.25) is 0 Å². The van der Waals surface area contributed by atoms with E-state index < -0.39 is 0 Å². The average Bonchev–Trinajstić information content (AvgIpc) is 2.64. The van der Waals surface area contributed by atoms with E-state index >= 15 is 0 Å². The third-order valence-electron chi connectivity index (χ3n) is 5.48. The van der Waals surface area contributed by atoms with Crippen LogP contribution in [0.25, 0.3) is 0 Å². The SMILES string of the molecule is NCCCC(=O)N1CCCC2(CCC(=O)N(Cc3ccncc3)C2)C1. The predicted molar refractivity (Wildman–Crippen MR) is 95.4 cm³/mol. The Morgan fingerprint density at radius 2 is 2.04 bits per heavy atom. The molecule has 2 amide bonds. The van der Waals surface area contributed by atoms with Gasteiger partial charge in [0, 0.05) is 56.8 Å². The molecule has 25 heavy (non-hydrogen) atoms. The summed E-state index contributed by atoms with van der Waals surface area (Å²) < 4.78 is 0. The Kier molecular flexibility index (Phi) is 5.68. The van der Waals surface area contributed by atoms with E-state index in [1.54, 1.807) is 12.4 Å². The minimum atomic E-state index is 0.0531. The summed E-state index contributed by atoms with van der Waals surface area (Å²) >= 11 is 0. The summed E-state index contributed by atoms with van der Waals surface area (Å²) in [7, 11) is 0. The zero-order valence-electron chi connectivity index (χ0n) is 14.8. The van der Waals surface area contributed by atoms with Gasteiger partial charge in [0.1, 0.15) is 0 Å².